The molecule has 1 aromatic carbocycles. The molecule has 2 fully saturated rings. The quantitative estimate of drug-likeness (QED) is 0.931. The van der Waals surface area contributed by atoms with E-state index in [2.05, 4.69) is 27.3 Å². The van der Waals surface area contributed by atoms with Gasteiger partial charge >= 0.3 is 0 Å². The van der Waals surface area contributed by atoms with E-state index < -0.39 is 0 Å². The van der Waals surface area contributed by atoms with Crippen molar-refractivity contribution in [3.8, 4) is 11.3 Å². The van der Waals surface area contributed by atoms with E-state index >= 15 is 0 Å². The highest BCUT2D eigenvalue weighted by Crippen LogP contribution is 2.28. The molecule has 4 rings (SSSR count). The zero-order valence-corrected chi connectivity index (χ0v) is 13.9. The van der Waals surface area contributed by atoms with E-state index in [1.165, 1.54) is 26.2 Å². The number of benzene rings is 1. The normalized spacial score (nSPS) is 23.6. The summed E-state index contributed by atoms with van der Waals surface area (Å²) in [5.41, 5.74) is 1.09. The lowest BCUT2D eigenvalue weighted by atomic mass is 10.0. The number of fused-ring (bicyclic) bond motifs is 1. The van der Waals surface area contributed by atoms with Gasteiger partial charge in [-0.25, -0.2) is 4.98 Å². The third-order valence-electron chi connectivity index (χ3n) is 4.44. The summed E-state index contributed by atoms with van der Waals surface area (Å²) in [6.07, 6.45) is 1.84. The van der Waals surface area contributed by atoms with Crippen LogP contribution in [0, 0.1) is 11.8 Å². The van der Waals surface area contributed by atoms with E-state index in [-0.39, 0.29) is 24.8 Å². The summed E-state index contributed by atoms with van der Waals surface area (Å²) >= 11 is 0. The van der Waals surface area contributed by atoms with Crippen LogP contribution in [-0.4, -0.2) is 36.1 Å². The minimum absolute atomic E-state index is 0. The number of oxazole rings is 1. The Morgan fingerprint density at radius 3 is 2.45 bits per heavy atom. The van der Waals surface area contributed by atoms with Gasteiger partial charge in [-0.3, -0.25) is 4.90 Å². The summed E-state index contributed by atoms with van der Waals surface area (Å²) in [7, 11) is 0. The van der Waals surface area contributed by atoms with Crippen LogP contribution in [0.3, 0.4) is 0 Å². The molecular weight excluding hydrogens is 321 g/mol. The van der Waals surface area contributed by atoms with E-state index in [9.17, 15) is 0 Å². The van der Waals surface area contributed by atoms with Crippen LogP contribution in [-0.2, 0) is 6.54 Å². The Labute approximate surface area is 143 Å². The summed E-state index contributed by atoms with van der Waals surface area (Å²) in [5.74, 6) is 3.33. The predicted octanol–water partition coefficient (Wildman–Crippen LogP) is 2.84. The SMILES string of the molecule is Cl.Cl.c1ccc(-c2cnc(CN3C[C@H]4CNC[C@H]4C3)o2)cc1. The van der Waals surface area contributed by atoms with Gasteiger partial charge in [0, 0.05) is 18.7 Å². The molecule has 1 N–H and O–H groups in total. The third kappa shape index (κ3) is 3.46. The van der Waals surface area contributed by atoms with Gasteiger partial charge in [0.05, 0.1) is 12.7 Å². The van der Waals surface area contributed by atoms with Gasteiger partial charge < -0.3 is 9.73 Å². The van der Waals surface area contributed by atoms with E-state index in [0.717, 1.165) is 35.6 Å². The Bertz CT molecular complexity index is 578. The fourth-order valence-corrected chi connectivity index (χ4v) is 3.39. The molecule has 0 spiro atoms. The third-order valence-corrected chi connectivity index (χ3v) is 4.44. The summed E-state index contributed by atoms with van der Waals surface area (Å²) in [4.78, 5) is 6.90. The molecule has 120 valence electrons. The van der Waals surface area contributed by atoms with Crippen LogP contribution >= 0.6 is 24.8 Å². The molecule has 2 aromatic rings. The topological polar surface area (TPSA) is 41.3 Å². The molecule has 2 aliphatic rings. The van der Waals surface area contributed by atoms with Gasteiger partial charge in [-0.2, -0.15) is 0 Å². The second kappa shape index (κ2) is 7.47. The lowest BCUT2D eigenvalue weighted by Crippen LogP contribution is -2.25. The molecule has 0 bridgehead atoms. The highest BCUT2D eigenvalue weighted by molar-refractivity contribution is 5.85. The first-order chi connectivity index (χ1) is 9.88. The van der Waals surface area contributed by atoms with E-state index in [4.69, 9.17) is 4.42 Å². The molecule has 0 unspecified atom stereocenters. The largest absolute Gasteiger partial charge is 0.439 e. The lowest BCUT2D eigenvalue weighted by molar-refractivity contribution is 0.273. The van der Waals surface area contributed by atoms with Crippen molar-refractivity contribution in [2.45, 2.75) is 6.54 Å². The monoisotopic (exact) mass is 341 g/mol. The Balaban J connectivity index is 0.000000882. The van der Waals surface area contributed by atoms with Crippen LogP contribution in [0.2, 0.25) is 0 Å². The molecule has 22 heavy (non-hydrogen) atoms. The Morgan fingerprint density at radius 2 is 1.77 bits per heavy atom. The summed E-state index contributed by atoms with van der Waals surface area (Å²) < 4.78 is 5.89. The smallest absolute Gasteiger partial charge is 0.209 e. The molecule has 0 radical (unpaired) electrons. The van der Waals surface area contributed by atoms with Crippen molar-refractivity contribution in [2.24, 2.45) is 11.8 Å². The van der Waals surface area contributed by atoms with Crippen molar-refractivity contribution in [1.29, 1.82) is 0 Å². The maximum absolute atomic E-state index is 5.89. The van der Waals surface area contributed by atoms with Crippen LogP contribution in [0.5, 0.6) is 0 Å². The first-order valence-electron chi connectivity index (χ1n) is 7.32. The highest BCUT2D eigenvalue weighted by Gasteiger charge is 2.36. The zero-order chi connectivity index (χ0) is 13.4. The number of hydrogen-bond donors (Lipinski definition) is 1. The van der Waals surface area contributed by atoms with Gasteiger partial charge in [0.25, 0.3) is 0 Å². The van der Waals surface area contributed by atoms with Crippen molar-refractivity contribution in [2.75, 3.05) is 26.2 Å². The van der Waals surface area contributed by atoms with Crippen LogP contribution < -0.4 is 5.32 Å². The summed E-state index contributed by atoms with van der Waals surface area (Å²) in [6.45, 7) is 5.51. The number of likely N-dealkylation sites (tertiary alicyclic amines) is 1. The van der Waals surface area contributed by atoms with Gasteiger partial charge in [0.2, 0.25) is 5.89 Å². The molecular formula is C16H21Cl2N3O. The molecule has 1 aromatic heterocycles. The van der Waals surface area contributed by atoms with Crippen molar-refractivity contribution < 1.29 is 4.42 Å². The zero-order valence-electron chi connectivity index (χ0n) is 12.3. The van der Waals surface area contributed by atoms with Gasteiger partial charge in [0.15, 0.2) is 5.76 Å². The highest BCUT2D eigenvalue weighted by atomic mass is 35.5. The van der Waals surface area contributed by atoms with E-state index in [1.807, 2.05) is 24.4 Å². The molecule has 0 saturated carbocycles. The molecule has 2 saturated heterocycles. The van der Waals surface area contributed by atoms with Crippen LogP contribution in [0.4, 0.5) is 0 Å². The van der Waals surface area contributed by atoms with Gasteiger partial charge in [0.1, 0.15) is 0 Å². The number of aromatic nitrogens is 1. The van der Waals surface area contributed by atoms with Gasteiger partial charge in [-0.1, -0.05) is 30.3 Å². The number of rotatable bonds is 3. The predicted molar refractivity (Wildman–Crippen MR) is 91.6 cm³/mol. The van der Waals surface area contributed by atoms with E-state index in [1.54, 1.807) is 0 Å². The van der Waals surface area contributed by atoms with Crippen molar-refractivity contribution in [1.82, 2.24) is 15.2 Å². The second-order valence-electron chi connectivity index (χ2n) is 5.86. The summed E-state index contributed by atoms with van der Waals surface area (Å²) in [6, 6.07) is 10.2. The number of hydrogen-bond acceptors (Lipinski definition) is 4. The maximum atomic E-state index is 5.89. The fraction of sp³-hybridized carbons (Fsp3) is 0.438. The minimum atomic E-state index is 0. The molecule has 2 aliphatic heterocycles. The fourth-order valence-electron chi connectivity index (χ4n) is 3.39. The molecule has 6 heteroatoms. The molecule has 2 atom stereocenters. The molecule has 0 aliphatic carbocycles. The maximum Gasteiger partial charge on any atom is 0.209 e. The first kappa shape index (κ1) is 17.3. The minimum Gasteiger partial charge on any atom is -0.439 e. The Kier molecular flexibility index (Phi) is 5.87. The van der Waals surface area contributed by atoms with Crippen LogP contribution in [0.15, 0.2) is 40.9 Å². The number of nitrogens with zero attached hydrogens (tertiary/aromatic N) is 2. The molecule has 3 heterocycles. The second-order valence-corrected chi connectivity index (χ2v) is 5.86. The average Bonchev–Trinajstić information content (AvgIpc) is 3.16. The molecule has 4 nitrogen and oxygen atoms in total. The average molecular weight is 342 g/mol. The van der Waals surface area contributed by atoms with E-state index in [0.29, 0.717) is 0 Å². The Morgan fingerprint density at radius 1 is 1.09 bits per heavy atom. The van der Waals surface area contributed by atoms with Crippen molar-refractivity contribution in [3.05, 3.63) is 42.4 Å². The van der Waals surface area contributed by atoms with Crippen LogP contribution in [0.1, 0.15) is 5.89 Å². The van der Waals surface area contributed by atoms with Crippen LogP contribution in [0.25, 0.3) is 11.3 Å². The first-order valence-corrected chi connectivity index (χ1v) is 7.32. The molecule has 0 amide bonds. The van der Waals surface area contributed by atoms with Gasteiger partial charge in [-0.15, -0.1) is 24.8 Å². The van der Waals surface area contributed by atoms with Crippen molar-refractivity contribution in [3.63, 3.8) is 0 Å². The standard InChI is InChI=1S/C16H19N3O.2ClH/c1-2-4-12(5-3-1)15-8-18-16(20-15)11-19-9-13-6-17-7-14(13)10-19;;/h1-5,8,13-14,17H,6-7,9-11H2;2*1H/t13-,14+;;. The van der Waals surface area contributed by atoms with Gasteiger partial charge in [-0.05, 0) is 24.9 Å². The Hall–Kier alpha value is -1.07. The number of nitrogens with one attached hydrogen (secondary N) is 1. The summed E-state index contributed by atoms with van der Waals surface area (Å²) in [5, 5.41) is 3.47. The van der Waals surface area contributed by atoms with Crippen molar-refractivity contribution >= 4 is 24.8 Å². The number of halogens is 2. The lowest BCUT2D eigenvalue weighted by Gasteiger charge is -2.14.